The lowest BCUT2D eigenvalue weighted by Gasteiger charge is -1.96. The number of hydrogen-bond donors (Lipinski definition) is 0. The third kappa shape index (κ3) is 9.31. The fraction of sp³-hybridized carbons (Fsp3) is 0.429. The SMILES string of the molecule is C.CCCCC[P+](=O)c1ccccc1.Cc1cc(C)cc(C)c1. The third-order valence-electron chi connectivity index (χ3n) is 3.37. The van der Waals surface area contributed by atoms with Gasteiger partial charge in [-0.15, -0.1) is 0 Å². The first-order chi connectivity index (χ1) is 10.5. The number of benzene rings is 2. The van der Waals surface area contributed by atoms with Crippen molar-refractivity contribution in [3.05, 3.63) is 65.2 Å². The molecule has 1 unspecified atom stereocenters. The standard InChI is InChI=1S/C11H16OP.C9H12.CH4/c1-2-3-7-10-13(12)11-8-5-4-6-9-11;1-7-4-8(2)6-9(3)5-7;/h4-6,8-9H,2-3,7,10H2,1H3;4-6H,1-3H3;1H4/q+1;;. The zero-order valence-corrected chi connectivity index (χ0v) is 15.2. The van der Waals surface area contributed by atoms with E-state index < -0.39 is 7.80 Å². The summed E-state index contributed by atoms with van der Waals surface area (Å²) in [6, 6.07) is 16.3. The monoisotopic (exact) mass is 331 g/mol. The first-order valence-electron chi connectivity index (χ1n) is 8.07. The highest BCUT2D eigenvalue weighted by molar-refractivity contribution is 7.53. The van der Waals surface area contributed by atoms with E-state index in [0.717, 1.165) is 17.9 Å². The van der Waals surface area contributed by atoms with Crippen LogP contribution in [-0.2, 0) is 4.57 Å². The molecule has 2 aromatic carbocycles. The van der Waals surface area contributed by atoms with Gasteiger partial charge in [0, 0.05) is 0 Å². The van der Waals surface area contributed by atoms with Crippen molar-refractivity contribution in [2.24, 2.45) is 0 Å². The molecule has 0 N–H and O–H groups in total. The van der Waals surface area contributed by atoms with Crippen LogP contribution in [0.15, 0.2) is 48.5 Å². The van der Waals surface area contributed by atoms with Crippen LogP contribution in [0.2, 0.25) is 0 Å². The molecule has 0 aliphatic rings. The normalized spacial score (nSPS) is 10.2. The van der Waals surface area contributed by atoms with Crippen LogP contribution in [0.25, 0.3) is 0 Å². The molecular weight excluding hydrogens is 299 g/mol. The van der Waals surface area contributed by atoms with Crippen molar-refractivity contribution in [3.63, 3.8) is 0 Å². The summed E-state index contributed by atoms with van der Waals surface area (Å²) in [5, 5.41) is 0.994. The van der Waals surface area contributed by atoms with Gasteiger partial charge in [-0.05, 0) is 45.7 Å². The molecule has 0 saturated carbocycles. The molecule has 0 amide bonds. The van der Waals surface area contributed by atoms with Gasteiger partial charge in [0.15, 0.2) is 11.5 Å². The second kappa shape index (κ2) is 12.0. The Kier molecular flexibility index (Phi) is 11.3. The van der Waals surface area contributed by atoms with Gasteiger partial charge < -0.3 is 0 Å². The van der Waals surface area contributed by atoms with E-state index in [-0.39, 0.29) is 7.43 Å². The molecular formula is C21H32OP+. The molecule has 0 spiro atoms. The van der Waals surface area contributed by atoms with E-state index in [1.54, 1.807) is 0 Å². The molecule has 2 rings (SSSR count). The average Bonchev–Trinajstić information content (AvgIpc) is 2.47. The van der Waals surface area contributed by atoms with Gasteiger partial charge in [0.25, 0.3) is 0 Å². The molecule has 0 radical (unpaired) electrons. The maximum atomic E-state index is 11.7. The molecule has 0 aliphatic heterocycles. The van der Waals surface area contributed by atoms with E-state index in [9.17, 15) is 4.57 Å². The second-order valence-electron chi connectivity index (χ2n) is 5.81. The molecule has 0 aromatic heterocycles. The Morgan fingerprint density at radius 2 is 1.30 bits per heavy atom. The van der Waals surface area contributed by atoms with Crippen LogP contribution in [0.5, 0.6) is 0 Å². The Hall–Kier alpha value is -1.46. The minimum Gasteiger partial charge on any atom is -0.0776 e. The zero-order chi connectivity index (χ0) is 16.4. The highest BCUT2D eigenvalue weighted by Gasteiger charge is 2.17. The van der Waals surface area contributed by atoms with Crippen molar-refractivity contribution >= 4 is 13.1 Å². The summed E-state index contributed by atoms with van der Waals surface area (Å²) < 4.78 is 11.7. The topological polar surface area (TPSA) is 17.1 Å². The van der Waals surface area contributed by atoms with E-state index in [2.05, 4.69) is 45.9 Å². The van der Waals surface area contributed by atoms with Crippen LogP contribution in [-0.4, -0.2) is 6.16 Å². The Bertz CT molecular complexity index is 525. The van der Waals surface area contributed by atoms with Crippen LogP contribution in [0.1, 0.15) is 50.3 Å². The molecule has 2 aromatic rings. The van der Waals surface area contributed by atoms with Gasteiger partial charge in [-0.2, -0.15) is 0 Å². The largest absolute Gasteiger partial charge is 0.376 e. The first-order valence-corrected chi connectivity index (χ1v) is 9.52. The highest BCUT2D eigenvalue weighted by atomic mass is 31.1. The lowest BCUT2D eigenvalue weighted by Crippen LogP contribution is -1.96. The predicted molar refractivity (Wildman–Crippen MR) is 105 cm³/mol. The van der Waals surface area contributed by atoms with Gasteiger partial charge in [0.1, 0.15) is 0 Å². The molecule has 1 nitrogen and oxygen atoms in total. The van der Waals surface area contributed by atoms with Crippen LogP contribution >= 0.6 is 7.80 Å². The molecule has 0 heterocycles. The van der Waals surface area contributed by atoms with Gasteiger partial charge in [0.2, 0.25) is 0 Å². The van der Waals surface area contributed by atoms with E-state index in [1.807, 2.05) is 30.3 Å². The minimum absolute atomic E-state index is 0. The second-order valence-corrected chi connectivity index (χ2v) is 7.53. The number of rotatable bonds is 5. The smallest absolute Gasteiger partial charge is 0.0776 e. The Labute approximate surface area is 143 Å². The molecule has 126 valence electrons. The number of unbranched alkanes of at least 4 members (excludes halogenated alkanes) is 2. The molecule has 1 atom stereocenters. The van der Waals surface area contributed by atoms with Crippen molar-refractivity contribution in [2.75, 3.05) is 6.16 Å². The van der Waals surface area contributed by atoms with Crippen LogP contribution in [0.4, 0.5) is 0 Å². The van der Waals surface area contributed by atoms with Crippen molar-refractivity contribution in [1.82, 2.24) is 0 Å². The van der Waals surface area contributed by atoms with E-state index in [4.69, 9.17) is 0 Å². The third-order valence-corrected chi connectivity index (χ3v) is 4.97. The molecule has 0 bridgehead atoms. The summed E-state index contributed by atoms with van der Waals surface area (Å²) in [6.45, 7) is 8.54. The lowest BCUT2D eigenvalue weighted by molar-refractivity contribution is 0.590. The Morgan fingerprint density at radius 3 is 1.74 bits per heavy atom. The Morgan fingerprint density at radius 1 is 0.826 bits per heavy atom. The molecule has 2 heteroatoms. The fourth-order valence-corrected chi connectivity index (χ4v) is 3.70. The van der Waals surface area contributed by atoms with Gasteiger partial charge in [-0.1, -0.05) is 78.4 Å². The first kappa shape index (κ1) is 21.5. The van der Waals surface area contributed by atoms with Gasteiger partial charge in [-0.25, -0.2) is 0 Å². The Balaban J connectivity index is 0.000000427. The quantitative estimate of drug-likeness (QED) is 0.447. The maximum Gasteiger partial charge on any atom is 0.376 e. The summed E-state index contributed by atoms with van der Waals surface area (Å²) in [4.78, 5) is 0. The maximum absolute atomic E-state index is 11.7. The lowest BCUT2D eigenvalue weighted by atomic mass is 10.1. The van der Waals surface area contributed by atoms with Gasteiger partial charge in [-0.3, -0.25) is 0 Å². The van der Waals surface area contributed by atoms with E-state index in [1.165, 1.54) is 29.5 Å². The van der Waals surface area contributed by atoms with Crippen molar-refractivity contribution in [1.29, 1.82) is 0 Å². The summed E-state index contributed by atoms with van der Waals surface area (Å²) >= 11 is 0. The van der Waals surface area contributed by atoms with Crippen LogP contribution in [0, 0.1) is 20.8 Å². The van der Waals surface area contributed by atoms with E-state index in [0.29, 0.717) is 0 Å². The van der Waals surface area contributed by atoms with Crippen molar-refractivity contribution < 1.29 is 4.57 Å². The van der Waals surface area contributed by atoms with Crippen molar-refractivity contribution in [2.45, 2.75) is 54.4 Å². The minimum atomic E-state index is -1.14. The van der Waals surface area contributed by atoms with Crippen molar-refractivity contribution in [3.8, 4) is 0 Å². The zero-order valence-electron chi connectivity index (χ0n) is 14.3. The summed E-state index contributed by atoms with van der Waals surface area (Å²) in [7, 11) is -1.14. The highest BCUT2D eigenvalue weighted by Crippen LogP contribution is 2.21. The van der Waals surface area contributed by atoms with Gasteiger partial charge in [0.05, 0.1) is 0 Å². The predicted octanol–water partition coefficient (Wildman–Crippen LogP) is 6.58. The van der Waals surface area contributed by atoms with Crippen LogP contribution < -0.4 is 5.30 Å². The molecule has 0 aliphatic carbocycles. The van der Waals surface area contributed by atoms with E-state index >= 15 is 0 Å². The number of aryl methyl sites for hydroxylation is 3. The number of hydrogen-bond acceptors (Lipinski definition) is 1. The molecule has 23 heavy (non-hydrogen) atoms. The average molecular weight is 331 g/mol. The summed E-state index contributed by atoms with van der Waals surface area (Å²) in [5.74, 6) is 0. The summed E-state index contributed by atoms with van der Waals surface area (Å²) in [5.41, 5.74) is 4.06. The van der Waals surface area contributed by atoms with Crippen LogP contribution in [0.3, 0.4) is 0 Å². The summed E-state index contributed by atoms with van der Waals surface area (Å²) in [6.07, 6.45) is 4.31. The molecule has 0 fully saturated rings. The van der Waals surface area contributed by atoms with Gasteiger partial charge >= 0.3 is 7.80 Å². The fourth-order valence-electron chi connectivity index (χ4n) is 2.43. The molecule has 0 saturated heterocycles.